The van der Waals surface area contributed by atoms with Crippen LogP contribution in [0.25, 0.3) is 11.0 Å². The number of ether oxygens (including phenoxy) is 1. The summed E-state index contributed by atoms with van der Waals surface area (Å²) in [5.41, 5.74) is 2.01. The third-order valence-electron chi connectivity index (χ3n) is 3.29. The van der Waals surface area contributed by atoms with Crippen molar-refractivity contribution in [3.63, 3.8) is 0 Å². The molecule has 2 aromatic carbocycles. The first-order valence-corrected chi connectivity index (χ1v) is 8.77. The van der Waals surface area contributed by atoms with Crippen LogP contribution in [-0.2, 0) is 9.53 Å². The number of fused-ring (bicyclic) bond motifs is 1. The molecule has 0 N–H and O–H groups in total. The minimum Gasteiger partial charge on any atom is -0.457 e. The molecule has 3 aromatic rings. The fourth-order valence-corrected chi connectivity index (χ4v) is 2.81. The zero-order chi connectivity index (χ0) is 17.6. The zero-order valence-corrected chi connectivity index (χ0v) is 14.6. The van der Waals surface area contributed by atoms with Crippen LogP contribution in [0.15, 0.2) is 59.8 Å². The lowest BCUT2D eigenvalue weighted by Gasteiger charge is -2.05. The molecule has 0 fully saturated rings. The average Bonchev–Trinajstić information content (AvgIpc) is 2.65. The molecule has 0 radical (unpaired) electrons. The Morgan fingerprint density at radius 1 is 1.04 bits per heavy atom. The first-order valence-electron chi connectivity index (χ1n) is 7.41. The van der Waals surface area contributed by atoms with Crippen LogP contribution in [0.3, 0.4) is 0 Å². The molecule has 0 amide bonds. The Labute approximate surface area is 153 Å². The Balaban J connectivity index is 1.50. The van der Waals surface area contributed by atoms with E-state index in [1.165, 1.54) is 11.8 Å². The van der Waals surface area contributed by atoms with E-state index in [1.54, 1.807) is 30.5 Å². The van der Waals surface area contributed by atoms with Gasteiger partial charge in [-0.15, -0.1) is 0 Å². The molecule has 0 saturated carbocycles. The van der Waals surface area contributed by atoms with Gasteiger partial charge in [-0.3, -0.25) is 14.6 Å². The van der Waals surface area contributed by atoms with E-state index in [2.05, 4.69) is 9.97 Å². The lowest BCUT2D eigenvalue weighted by molar-refractivity contribution is -0.139. The molecule has 0 aliphatic rings. The quantitative estimate of drug-likeness (QED) is 0.372. The standard InChI is InChI=1S/C18H13ClN2O3S/c19-13-7-5-12(6-8-13)16(22)10-24-18(23)11-25-17-9-20-14-3-1-2-4-15(14)21-17/h1-9H,10-11H2. The summed E-state index contributed by atoms with van der Waals surface area (Å²) in [6.45, 7) is -0.301. The second kappa shape index (κ2) is 8.09. The molecule has 0 aliphatic carbocycles. The Morgan fingerprint density at radius 3 is 2.52 bits per heavy atom. The average molecular weight is 373 g/mol. The Kier molecular flexibility index (Phi) is 5.63. The van der Waals surface area contributed by atoms with E-state index in [4.69, 9.17) is 16.3 Å². The molecule has 0 spiro atoms. The van der Waals surface area contributed by atoms with Crippen molar-refractivity contribution >= 4 is 46.1 Å². The first-order chi connectivity index (χ1) is 12.1. The Morgan fingerprint density at radius 2 is 1.76 bits per heavy atom. The molecule has 0 saturated heterocycles. The summed E-state index contributed by atoms with van der Waals surface area (Å²) >= 11 is 6.99. The molecular formula is C18H13ClN2O3S. The number of thioether (sulfide) groups is 1. The van der Waals surface area contributed by atoms with Gasteiger partial charge in [-0.05, 0) is 36.4 Å². The molecule has 7 heteroatoms. The van der Waals surface area contributed by atoms with Gasteiger partial charge in [-0.25, -0.2) is 4.98 Å². The number of hydrogen-bond acceptors (Lipinski definition) is 6. The van der Waals surface area contributed by atoms with Crippen LogP contribution < -0.4 is 0 Å². The predicted molar refractivity (Wildman–Crippen MR) is 97.0 cm³/mol. The molecule has 3 rings (SSSR count). The highest BCUT2D eigenvalue weighted by Crippen LogP contribution is 2.18. The van der Waals surface area contributed by atoms with Gasteiger partial charge in [0.25, 0.3) is 0 Å². The van der Waals surface area contributed by atoms with E-state index in [0.717, 1.165) is 11.0 Å². The lowest BCUT2D eigenvalue weighted by atomic mass is 10.1. The van der Waals surface area contributed by atoms with Gasteiger partial charge in [-0.1, -0.05) is 35.5 Å². The van der Waals surface area contributed by atoms with E-state index < -0.39 is 5.97 Å². The van der Waals surface area contributed by atoms with Crippen molar-refractivity contribution in [2.24, 2.45) is 0 Å². The molecule has 0 unspecified atom stereocenters. The summed E-state index contributed by atoms with van der Waals surface area (Å²) in [5.74, 6) is -0.705. The van der Waals surface area contributed by atoms with Crippen molar-refractivity contribution in [1.82, 2.24) is 9.97 Å². The first kappa shape index (κ1) is 17.4. The zero-order valence-electron chi connectivity index (χ0n) is 13.0. The van der Waals surface area contributed by atoms with Crippen molar-refractivity contribution < 1.29 is 14.3 Å². The molecule has 25 heavy (non-hydrogen) atoms. The number of carbonyl (C=O) groups excluding carboxylic acids is 2. The topological polar surface area (TPSA) is 69.2 Å². The monoisotopic (exact) mass is 372 g/mol. The van der Waals surface area contributed by atoms with Crippen LogP contribution in [-0.4, -0.2) is 34.1 Å². The number of halogens is 1. The van der Waals surface area contributed by atoms with Gasteiger partial charge in [0.05, 0.1) is 23.0 Å². The third-order valence-corrected chi connectivity index (χ3v) is 4.42. The molecular weight excluding hydrogens is 360 g/mol. The number of Topliss-reactive ketones (excluding diaryl/α,β-unsaturated/α-hetero) is 1. The lowest BCUT2D eigenvalue weighted by Crippen LogP contribution is -2.15. The van der Waals surface area contributed by atoms with Crippen molar-refractivity contribution in [3.05, 3.63) is 65.3 Å². The number of carbonyl (C=O) groups is 2. The summed E-state index contributed by atoms with van der Waals surface area (Å²) in [5, 5.41) is 1.17. The number of aromatic nitrogens is 2. The van der Waals surface area contributed by atoms with Crippen molar-refractivity contribution in [1.29, 1.82) is 0 Å². The van der Waals surface area contributed by atoms with Gasteiger partial charge in [-0.2, -0.15) is 0 Å². The van der Waals surface area contributed by atoms with Gasteiger partial charge in [0, 0.05) is 10.6 Å². The van der Waals surface area contributed by atoms with E-state index in [0.29, 0.717) is 15.6 Å². The SMILES string of the molecule is O=C(CSc1cnc2ccccc2n1)OCC(=O)c1ccc(Cl)cc1. The smallest absolute Gasteiger partial charge is 0.316 e. The summed E-state index contributed by atoms with van der Waals surface area (Å²) in [7, 11) is 0. The van der Waals surface area contributed by atoms with Gasteiger partial charge in [0.2, 0.25) is 0 Å². The fourth-order valence-electron chi connectivity index (χ4n) is 2.05. The highest BCUT2D eigenvalue weighted by molar-refractivity contribution is 7.99. The van der Waals surface area contributed by atoms with Gasteiger partial charge in [0.1, 0.15) is 5.03 Å². The fraction of sp³-hybridized carbons (Fsp3) is 0.111. The predicted octanol–water partition coefficient (Wildman–Crippen LogP) is 3.80. The Hall–Kier alpha value is -2.44. The molecule has 126 valence electrons. The Bertz CT molecular complexity index is 916. The number of hydrogen-bond donors (Lipinski definition) is 0. The number of rotatable bonds is 6. The second-order valence-corrected chi connectivity index (χ2v) is 6.51. The number of benzene rings is 2. The van der Waals surface area contributed by atoms with Crippen molar-refractivity contribution in [2.75, 3.05) is 12.4 Å². The van der Waals surface area contributed by atoms with Gasteiger partial charge in [0.15, 0.2) is 12.4 Å². The number of nitrogens with zero attached hydrogens (tertiary/aromatic N) is 2. The van der Waals surface area contributed by atoms with Crippen molar-refractivity contribution in [3.8, 4) is 0 Å². The van der Waals surface area contributed by atoms with Crippen molar-refractivity contribution in [2.45, 2.75) is 5.03 Å². The summed E-state index contributed by atoms with van der Waals surface area (Å²) in [6.07, 6.45) is 1.61. The summed E-state index contributed by atoms with van der Waals surface area (Å²) < 4.78 is 5.01. The van der Waals surface area contributed by atoms with Crippen LogP contribution in [0, 0.1) is 0 Å². The van der Waals surface area contributed by atoms with Gasteiger partial charge < -0.3 is 4.74 Å². The third kappa shape index (κ3) is 4.78. The van der Waals surface area contributed by atoms with Crippen LogP contribution in [0.2, 0.25) is 5.02 Å². The highest BCUT2D eigenvalue weighted by Gasteiger charge is 2.11. The normalized spacial score (nSPS) is 10.6. The molecule has 5 nitrogen and oxygen atoms in total. The maximum absolute atomic E-state index is 11.9. The van der Waals surface area contributed by atoms with Crippen LogP contribution in [0.1, 0.15) is 10.4 Å². The molecule has 1 heterocycles. The van der Waals surface area contributed by atoms with Crippen LogP contribution >= 0.6 is 23.4 Å². The molecule has 1 aromatic heterocycles. The highest BCUT2D eigenvalue weighted by atomic mass is 35.5. The van der Waals surface area contributed by atoms with Crippen LogP contribution in [0.5, 0.6) is 0 Å². The van der Waals surface area contributed by atoms with E-state index in [9.17, 15) is 9.59 Å². The molecule has 0 atom stereocenters. The number of esters is 1. The van der Waals surface area contributed by atoms with E-state index >= 15 is 0 Å². The largest absolute Gasteiger partial charge is 0.457 e. The second-order valence-electron chi connectivity index (χ2n) is 5.08. The summed E-state index contributed by atoms with van der Waals surface area (Å²) in [6, 6.07) is 13.9. The van der Waals surface area contributed by atoms with Gasteiger partial charge >= 0.3 is 5.97 Å². The minimum atomic E-state index is -0.484. The maximum Gasteiger partial charge on any atom is 0.316 e. The summed E-state index contributed by atoms with van der Waals surface area (Å²) in [4.78, 5) is 32.4. The van der Waals surface area contributed by atoms with E-state index in [1.807, 2.05) is 24.3 Å². The number of ketones is 1. The van der Waals surface area contributed by atoms with Crippen LogP contribution in [0.4, 0.5) is 0 Å². The van der Waals surface area contributed by atoms with E-state index in [-0.39, 0.29) is 18.1 Å². The number of para-hydroxylation sites is 2. The minimum absolute atomic E-state index is 0.0565. The molecule has 0 aliphatic heterocycles. The molecule has 0 bridgehead atoms. The maximum atomic E-state index is 11.9.